The molecule has 98 valence electrons. The number of para-hydroxylation sites is 1. The molecule has 0 spiro atoms. The lowest BCUT2D eigenvalue weighted by Crippen LogP contribution is -2.44. The fourth-order valence-corrected chi connectivity index (χ4v) is 2.54. The number of carbonyl (C=O) groups excluding carboxylic acids is 1. The molecule has 1 unspecified atom stereocenters. The van der Waals surface area contributed by atoms with Crippen molar-refractivity contribution < 1.29 is 4.79 Å². The molecule has 1 amide bonds. The number of fused-ring (bicyclic) bond motifs is 1. The maximum atomic E-state index is 12.4. The van der Waals surface area contributed by atoms with E-state index in [2.05, 4.69) is 30.4 Å². The second-order valence-electron chi connectivity index (χ2n) is 4.81. The number of hydrogen-bond donors (Lipinski definition) is 1. The van der Waals surface area contributed by atoms with Gasteiger partial charge >= 0.3 is 0 Å². The summed E-state index contributed by atoms with van der Waals surface area (Å²) in [5, 5.41) is 3.38. The number of benzene rings is 1. The Morgan fingerprint density at radius 1 is 1.39 bits per heavy atom. The van der Waals surface area contributed by atoms with Crippen LogP contribution in [0.1, 0.15) is 32.3 Å². The summed E-state index contributed by atoms with van der Waals surface area (Å²) < 4.78 is 0. The number of anilines is 1. The quantitative estimate of drug-likeness (QED) is 0.886. The molecule has 0 saturated heterocycles. The summed E-state index contributed by atoms with van der Waals surface area (Å²) in [5.74, 6) is 0.244. The molecular formula is C15H22N2O. The fraction of sp³-hybridized carbons (Fsp3) is 0.533. The maximum Gasteiger partial charge on any atom is 0.245 e. The van der Waals surface area contributed by atoms with E-state index in [0.717, 1.165) is 38.0 Å². The molecule has 0 aromatic heterocycles. The average molecular weight is 246 g/mol. The zero-order valence-electron chi connectivity index (χ0n) is 11.3. The van der Waals surface area contributed by atoms with Crippen molar-refractivity contribution in [3.63, 3.8) is 0 Å². The molecule has 3 nitrogen and oxygen atoms in total. The molecule has 0 saturated carbocycles. The summed E-state index contributed by atoms with van der Waals surface area (Å²) in [7, 11) is 0. The van der Waals surface area contributed by atoms with Crippen molar-refractivity contribution in [2.45, 2.75) is 39.2 Å². The van der Waals surface area contributed by atoms with E-state index < -0.39 is 0 Å². The molecule has 1 aromatic carbocycles. The molecule has 0 fully saturated rings. The van der Waals surface area contributed by atoms with E-state index in [1.165, 1.54) is 5.56 Å². The van der Waals surface area contributed by atoms with Crippen LogP contribution < -0.4 is 5.32 Å². The second kappa shape index (κ2) is 5.89. The smallest absolute Gasteiger partial charge is 0.245 e. The zero-order chi connectivity index (χ0) is 13.0. The van der Waals surface area contributed by atoms with Crippen molar-refractivity contribution in [2.75, 3.05) is 18.4 Å². The number of hydrogen-bond acceptors (Lipinski definition) is 2. The Labute approximate surface area is 109 Å². The fourth-order valence-electron chi connectivity index (χ4n) is 2.54. The van der Waals surface area contributed by atoms with Crippen LogP contribution in [0.15, 0.2) is 24.3 Å². The molecule has 1 N–H and O–H groups in total. The minimum Gasteiger partial charge on any atom is -0.373 e. The van der Waals surface area contributed by atoms with Crippen LogP contribution in [0.2, 0.25) is 0 Å². The lowest BCUT2D eigenvalue weighted by atomic mass is 9.97. The highest BCUT2D eigenvalue weighted by Gasteiger charge is 2.26. The normalized spacial score (nSPS) is 17.8. The second-order valence-corrected chi connectivity index (χ2v) is 4.81. The third-order valence-electron chi connectivity index (χ3n) is 3.53. The van der Waals surface area contributed by atoms with E-state index in [1.807, 2.05) is 17.9 Å². The first-order valence-corrected chi connectivity index (χ1v) is 6.89. The first kappa shape index (κ1) is 12.9. The van der Waals surface area contributed by atoms with Crippen molar-refractivity contribution >= 4 is 11.6 Å². The standard InChI is InChI=1S/C15H22N2O/c1-3-11-17(4-2)15(18)14-10-9-12-7-5-6-8-13(12)16-14/h5-8,14,16H,3-4,9-11H2,1-2H3. The number of nitrogens with zero attached hydrogens (tertiary/aromatic N) is 1. The minimum atomic E-state index is -0.0496. The first-order valence-electron chi connectivity index (χ1n) is 6.89. The van der Waals surface area contributed by atoms with Gasteiger partial charge in [0, 0.05) is 18.8 Å². The van der Waals surface area contributed by atoms with E-state index in [9.17, 15) is 4.79 Å². The summed E-state index contributed by atoms with van der Waals surface area (Å²) in [6, 6.07) is 8.21. The predicted octanol–water partition coefficient (Wildman–Crippen LogP) is 2.67. The molecule has 1 aliphatic rings. The topological polar surface area (TPSA) is 32.3 Å². The lowest BCUT2D eigenvalue weighted by molar-refractivity contribution is -0.132. The van der Waals surface area contributed by atoms with E-state index in [-0.39, 0.29) is 11.9 Å². The van der Waals surface area contributed by atoms with Gasteiger partial charge in [-0.25, -0.2) is 0 Å². The van der Waals surface area contributed by atoms with Gasteiger partial charge in [0.15, 0.2) is 0 Å². The number of rotatable bonds is 4. The Balaban J connectivity index is 2.06. The summed E-state index contributed by atoms with van der Waals surface area (Å²) in [5.41, 5.74) is 2.44. The molecule has 1 aromatic rings. The van der Waals surface area contributed by atoms with Gasteiger partial charge in [0.05, 0.1) is 0 Å². The molecule has 1 aliphatic heterocycles. The Bertz CT molecular complexity index is 417. The van der Waals surface area contributed by atoms with Crippen molar-refractivity contribution in [2.24, 2.45) is 0 Å². The minimum absolute atomic E-state index is 0.0496. The molecule has 0 radical (unpaired) electrons. The van der Waals surface area contributed by atoms with Gasteiger partial charge in [0.2, 0.25) is 5.91 Å². The van der Waals surface area contributed by atoms with Crippen LogP contribution >= 0.6 is 0 Å². The summed E-state index contributed by atoms with van der Waals surface area (Å²) in [6.45, 7) is 5.81. The third kappa shape index (κ3) is 2.66. The van der Waals surface area contributed by atoms with Crippen LogP contribution in [0.25, 0.3) is 0 Å². The molecule has 1 atom stereocenters. The SMILES string of the molecule is CCCN(CC)C(=O)C1CCc2ccccc2N1. The number of likely N-dealkylation sites (N-methyl/N-ethyl adjacent to an activating group) is 1. The van der Waals surface area contributed by atoms with Gasteiger partial charge in [0.25, 0.3) is 0 Å². The Morgan fingerprint density at radius 2 is 2.17 bits per heavy atom. The average Bonchev–Trinajstić information content (AvgIpc) is 2.43. The highest BCUT2D eigenvalue weighted by Crippen LogP contribution is 2.25. The molecule has 18 heavy (non-hydrogen) atoms. The van der Waals surface area contributed by atoms with Crippen molar-refractivity contribution in [3.05, 3.63) is 29.8 Å². The Morgan fingerprint density at radius 3 is 2.89 bits per heavy atom. The van der Waals surface area contributed by atoms with E-state index in [0.29, 0.717) is 0 Å². The molecule has 2 rings (SSSR count). The number of nitrogens with one attached hydrogen (secondary N) is 1. The highest BCUT2D eigenvalue weighted by atomic mass is 16.2. The van der Waals surface area contributed by atoms with Gasteiger partial charge in [-0.15, -0.1) is 0 Å². The Kier molecular flexibility index (Phi) is 4.24. The number of amides is 1. The highest BCUT2D eigenvalue weighted by molar-refractivity contribution is 5.85. The van der Waals surface area contributed by atoms with Crippen LogP contribution in [0, 0.1) is 0 Å². The molecule has 0 aliphatic carbocycles. The lowest BCUT2D eigenvalue weighted by Gasteiger charge is -2.30. The molecule has 0 bridgehead atoms. The zero-order valence-corrected chi connectivity index (χ0v) is 11.3. The summed E-state index contributed by atoms with van der Waals surface area (Å²) >= 11 is 0. The van der Waals surface area contributed by atoms with Gasteiger partial charge in [-0.05, 0) is 37.8 Å². The van der Waals surface area contributed by atoms with Crippen molar-refractivity contribution in [1.82, 2.24) is 4.90 Å². The van der Waals surface area contributed by atoms with Crippen molar-refractivity contribution in [1.29, 1.82) is 0 Å². The van der Waals surface area contributed by atoms with Gasteiger partial charge < -0.3 is 10.2 Å². The maximum absolute atomic E-state index is 12.4. The van der Waals surface area contributed by atoms with E-state index in [4.69, 9.17) is 0 Å². The van der Waals surface area contributed by atoms with Gasteiger partial charge in [-0.2, -0.15) is 0 Å². The van der Waals surface area contributed by atoms with E-state index in [1.54, 1.807) is 0 Å². The third-order valence-corrected chi connectivity index (χ3v) is 3.53. The number of aryl methyl sites for hydroxylation is 1. The monoisotopic (exact) mass is 246 g/mol. The summed E-state index contributed by atoms with van der Waals surface area (Å²) in [6.07, 6.45) is 2.90. The Hall–Kier alpha value is -1.51. The van der Waals surface area contributed by atoms with Crippen LogP contribution in [-0.4, -0.2) is 29.9 Å². The first-order chi connectivity index (χ1) is 8.76. The largest absolute Gasteiger partial charge is 0.373 e. The van der Waals surface area contributed by atoms with Gasteiger partial charge in [0.1, 0.15) is 6.04 Å². The molecule has 1 heterocycles. The molecule has 3 heteroatoms. The van der Waals surface area contributed by atoms with Crippen molar-refractivity contribution in [3.8, 4) is 0 Å². The van der Waals surface area contributed by atoms with Gasteiger partial charge in [-0.1, -0.05) is 25.1 Å². The number of carbonyl (C=O) groups is 1. The van der Waals surface area contributed by atoms with Gasteiger partial charge in [-0.3, -0.25) is 4.79 Å². The van der Waals surface area contributed by atoms with Crippen LogP contribution in [-0.2, 0) is 11.2 Å². The predicted molar refractivity (Wildman–Crippen MR) is 74.7 cm³/mol. The van der Waals surface area contributed by atoms with Crippen LogP contribution in [0.3, 0.4) is 0 Å². The van der Waals surface area contributed by atoms with Crippen LogP contribution in [0.5, 0.6) is 0 Å². The van der Waals surface area contributed by atoms with Crippen LogP contribution in [0.4, 0.5) is 5.69 Å². The molecular weight excluding hydrogens is 224 g/mol. The summed E-state index contributed by atoms with van der Waals surface area (Å²) in [4.78, 5) is 14.3. The van der Waals surface area contributed by atoms with E-state index >= 15 is 0 Å².